The van der Waals surface area contributed by atoms with Gasteiger partial charge in [0.1, 0.15) is 0 Å². The molecule has 0 bridgehead atoms. The molecule has 0 radical (unpaired) electrons. The minimum atomic E-state index is 0.264. The van der Waals surface area contributed by atoms with Gasteiger partial charge < -0.3 is 10.1 Å². The zero-order valence-corrected chi connectivity index (χ0v) is 13.1. The van der Waals surface area contributed by atoms with Gasteiger partial charge in [0.15, 0.2) is 0 Å². The van der Waals surface area contributed by atoms with E-state index in [2.05, 4.69) is 36.5 Å². The van der Waals surface area contributed by atoms with Crippen LogP contribution in [-0.4, -0.2) is 24.8 Å². The Labute approximate surface area is 128 Å². The molecule has 0 aromatic heterocycles. The second-order valence-electron chi connectivity index (χ2n) is 7.23. The van der Waals surface area contributed by atoms with Crippen LogP contribution in [0.25, 0.3) is 0 Å². The molecule has 2 aliphatic carbocycles. The summed E-state index contributed by atoms with van der Waals surface area (Å²) in [5.74, 6) is 1.51. The van der Waals surface area contributed by atoms with Gasteiger partial charge in [0.25, 0.3) is 0 Å². The van der Waals surface area contributed by atoms with Crippen LogP contribution >= 0.6 is 0 Å². The maximum absolute atomic E-state index is 6.13. The van der Waals surface area contributed by atoms with Gasteiger partial charge in [-0.1, -0.05) is 31.2 Å². The van der Waals surface area contributed by atoms with Crippen LogP contribution in [0, 0.1) is 5.92 Å². The van der Waals surface area contributed by atoms with Crippen molar-refractivity contribution in [1.82, 2.24) is 5.32 Å². The maximum Gasteiger partial charge on any atom is 0.0685 e. The van der Waals surface area contributed by atoms with E-state index in [0.717, 1.165) is 25.0 Å². The van der Waals surface area contributed by atoms with Crippen molar-refractivity contribution in [2.45, 2.75) is 63.0 Å². The van der Waals surface area contributed by atoms with Gasteiger partial charge in [-0.2, -0.15) is 0 Å². The second-order valence-corrected chi connectivity index (χ2v) is 7.23. The van der Waals surface area contributed by atoms with E-state index in [1.165, 1.54) is 38.5 Å². The molecule has 1 aliphatic heterocycles. The molecule has 1 saturated carbocycles. The summed E-state index contributed by atoms with van der Waals surface area (Å²) < 4.78 is 6.13. The highest BCUT2D eigenvalue weighted by Crippen LogP contribution is 2.48. The van der Waals surface area contributed by atoms with Gasteiger partial charge in [0, 0.05) is 18.6 Å². The zero-order chi connectivity index (χ0) is 14.3. The summed E-state index contributed by atoms with van der Waals surface area (Å²) in [5, 5.41) is 3.83. The number of nitrogens with one attached hydrogen (secondary N) is 1. The van der Waals surface area contributed by atoms with Crippen molar-refractivity contribution >= 4 is 0 Å². The standard InChI is InChI=1S/C19H27NO/c1-2-20-18(17-12-14-6-3-4-7-16(14)17)15-8-11-21-19(13-15)9-5-10-19/h3-4,6-7,15,17-18,20H,2,5,8-13H2,1H3. The molecule has 21 heavy (non-hydrogen) atoms. The molecule has 2 fully saturated rings. The van der Waals surface area contributed by atoms with Crippen molar-refractivity contribution in [3.8, 4) is 0 Å². The Morgan fingerprint density at radius 1 is 1.33 bits per heavy atom. The van der Waals surface area contributed by atoms with Crippen LogP contribution < -0.4 is 5.32 Å². The minimum Gasteiger partial charge on any atom is -0.375 e. The summed E-state index contributed by atoms with van der Waals surface area (Å²) in [6.07, 6.45) is 7.73. The molecule has 3 unspecified atom stereocenters. The van der Waals surface area contributed by atoms with Gasteiger partial charge in [-0.15, -0.1) is 0 Å². The Balaban J connectivity index is 1.52. The Kier molecular flexibility index (Phi) is 3.55. The van der Waals surface area contributed by atoms with Gasteiger partial charge in [-0.3, -0.25) is 0 Å². The smallest absolute Gasteiger partial charge is 0.0685 e. The van der Waals surface area contributed by atoms with Gasteiger partial charge in [0.2, 0.25) is 0 Å². The van der Waals surface area contributed by atoms with E-state index in [9.17, 15) is 0 Å². The van der Waals surface area contributed by atoms with Crippen LogP contribution in [0.2, 0.25) is 0 Å². The molecule has 114 valence electrons. The van der Waals surface area contributed by atoms with E-state index in [-0.39, 0.29) is 5.60 Å². The molecule has 1 N–H and O–H groups in total. The van der Waals surface area contributed by atoms with Crippen LogP contribution in [0.5, 0.6) is 0 Å². The molecule has 2 heteroatoms. The minimum absolute atomic E-state index is 0.264. The Bertz CT molecular complexity index is 508. The van der Waals surface area contributed by atoms with E-state index in [4.69, 9.17) is 4.74 Å². The lowest BCUT2D eigenvalue weighted by Gasteiger charge is -2.51. The summed E-state index contributed by atoms with van der Waals surface area (Å²) >= 11 is 0. The van der Waals surface area contributed by atoms with Crippen molar-refractivity contribution in [2.24, 2.45) is 5.92 Å². The average molecular weight is 285 g/mol. The van der Waals surface area contributed by atoms with Crippen molar-refractivity contribution in [3.63, 3.8) is 0 Å². The summed E-state index contributed by atoms with van der Waals surface area (Å²) in [7, 11) is 0. The number of hydrogen-bond acceptors (Lipinski definition) is 2. The van der Waals surface area contributed by atoms with Crippen molar-refractivity contribution < 1.29 is 4.74 Å². The summed E-state index contributed by atoms with van der Waals surface area (Å²) in [4.78, 5) is 0. The lowest BCUT2D eigenvalue weighted by Crippen LogP contribution is -2.53. The molecule has 1 spiro atoms. The number of benzene rings is 1. The first kappa shape index (κ1) is 13.8. The molecule has 3 atom stereocenters. The first-order chi connectivity index (χ1) is 10.3. The fraction of sp³-hybridized carbons (Fsp3) is 0.684. The van der Waals surface area contributed by atoms with Crippen molar-refractivity contribution in [1.29, 1.82) is 0 Å². The molecule has 2 nitrogen and oxygen atoms in total. The fourth-order valence-corrected chi connectivity index (χ4v) is 4.78. The first-order valence-electron chi connectivity index (χ1n) is 8.76. The highest BCUT2D eigenvalue weighted by atomic mass is 16.5. The SMILES string of the molecule is CCNC(C1CCOC2(CCC2)C1)C1Cc2ccccc21. The van der Waals surface area contributed by atoms with Gasteiger partial charge in [-0.25, -0.2) is 0 Å². The number of fused-ring (bicyclic) bond motifs is 1. The fourth-order valence-electron chi connectivity index (χ4n) is 4.78. The molecule has 3 aliphatic rings. The van der Waals surface area contributed by atoms with Crippen LogP contribution in [-0.2, 0) is 11.2 Å². The normalized spacial score (nSPS) is 31.1. The topological polar surface area (TPSA) is 21.3 Å². The van der Waals surface area contributed by atoms with Crippen LogP contribution in [0.1, 0.15) is 56.1 Å². The van der Waals surface area contributed by atoms with E-state index < -0.39 is 0 Å². The Morgan fingerprint density at radius 2 is 2.19 bits per heavy atom. The molecule has 1 aromatic rings. The summed E-state index contributed by atoms with van der Waals surface area (Å²) in [6.45, 7) is 4.30. The summed E-state index contributed by atoms with van der Waals surface area (Å²) in [6, 6.07) is 9.66. The molecule has 1 heterocycles. The van der Waals surface area contributed by atoms with E-state index in [0.29, 0.717) is 6.04 Å². The van der Waals surface area contributed by atoms with Crippen molar-refractivity contribution in [3.05, 3.63) is 35.4 Å². The number of rotatable bonds is 4. The third-order valence-corrected chi connectivity index (χ3v) is 6.07. The lowest BCUT2D eigenvalue weighted by molar-refractivity contribution is -0.148. The molecular weight excluding hydrogens is 258 g/mol. The molecule has 4 rings (SSSR count). The summed E-state index contributed by atoms with van der Waals surface area (Å²) in [5.41, 5.74) is 3.42. The number of hydrogen-bond donors (Lipinski definition) is 1. The van der Waals surface area contributed by atoms with Gasteiger partial charge in [0.05, 0.1) is 5.60 Å². The Morgan fingerprint density at radius 3 is 2.90 bits per heavy atom. The Hall–Kier alpha value is -0.860. The van der Waals surface area contributed by atoms with Crippen LogP contribution in [0.3, 0.4) is 0 Å². The molecule has 1 aromatic carbocycles. The monoisotopic (exact) mass is 285 g/mol. The third kappa shape index (κ3) is 2.33. The molecule has 0 amide bonds. The molecular formula is C19H27NO. The van der Waals surface area contributed by atoms with Crippen molar-refractivity contribution in [2.75, 3.05) is 13.2 Å². The highest BCUT2D eigenvalue weighted by Gasteiger charge is 2.46. The first-order valence-corrected chi connectivity index (χ1v) is 8.76. The van der Waals surface area contributed by atoms with Gasteiger partial charge >= 0.3 is 0 Å². The zero-order valence-electron chi connectivity index (χ0n) is 13.1. The van der Waals surface area contributed by atoms with Gasteiger partial charge in [-0.05, 0) is 62.1 Å². The predicted molar refractivity (Wildman–Crippen MR) is 85.6 cm³/mol. The van der Waals surface area contributed by atoms with Crippen LogP contribution in [0.4, 0.5) is 0 Å². The van der Waals surface area contributed by atoms with E-state index >= 15 is 0 Å². The van der Waals surface area contributed by atoms with Crippen LogP contribution in [0.15, 0.2) is 24.3 Å². The number of ether oxygens (including phenoxy) is 1. The number of likely N-dealkylation sites (N-methyl/N-ethyl adjacent to an activating group) is 1. The van der Waals surface area contributed by atoms with E-state index in [1.54, 1.807) is 11.1 Å². The quantitative estimate of drug-likeness (QED) is 0.911. The second kappa shape index (κ2) is 5.40. The third-order valence-electron chi connectivity index (χ3n) is 6.07. The largest absolute Gasteiger partial charge is 0.375 e. The van der Waals surface area contributed by atoms with E-state index in [1.807, 2.05) is 0 Å². The highest BCUT2D eigenvalue weighted by molar-refractivity contribution is 5.41. The average Bonchev–Trinajstić information content (AvgIpc) is 2.46. The lowest BCUT2D eigenvalue weighted by atomic mass is 9.64. The maximum atomic E-state index is 6.13. The predicted octanol–water partition coefficient (Wildman–Crippen LogP) is 3.65. The molecule has 1 saturated heterocycles.